The molecule has 0 heterocycles. The number of carbonyl (C=O) groups excluding carboxylic acids is 2. The SMILES string of the molecule is CCC[NH+](CC(=O)Nc1cccc(OC)c1)CC(=O)Nc1ccccc1OC. The van der Waals surface area contributed by atoms with Crippen molar-refractivity contribution in [2.45, 2.75) is 13.3 Å². The minimum Gasteiger partial charge on any atom is -0.497 e. The van der Waals surface area contributed by atoms with Crippen molar-refractivity contribution < 1.29 is 24.0 Å². The topological polar surface area (TPSA) is 81.1 Å². The number of para-hydroxylation sites is 2. The highest BCUT2D eigenvalue weighted by Crippen LogP contribution is 2.22. The highest BCUT2D eigenvalue weighted by Gasteiger charge is 2.18. The van der Waals surface area contributed by atoms with Gasteiger partial charge in [-0.25, -0.2) is 0 Å². The third-order valence-electron chi connectivity index (χ3n) is 4.16. The van der Waals surface area contributed by atoms with Gasteiger partial charge < -0.3 is 25.0 Å². The molecule has 2 aromatic rings. The number of hydrogen-bond donors (Lipinski definition) is 3. The molecular formula is C21H28N3O4+. The van der Waals surface area contributed by atoms with Gasteiger partial charge in [-0.05, 0) is 30.7 Å². The number of methoxy groups -OCH3 is 2. The van der Waals surface area contributed by atoms with Gasteiger partial charge in [0.15, 0.2) is 13.1 Å². The van der Waals surface area contributed by atoms with Gasteiger partial charge in [0.05, 0.1) is 26.5 Å². The quantitative estimate of drug-likeness (QED) is 0.579. The van der Waals surface area contributed by atoms with E-state index in [4.69, 9.17) is 9.47 Å². The van der Waals surface area contributed by atoms with E-state index in [0.29, 0.717) is 29.4 Å². The standard InChI is InChI=1S/C21H27N3O4/c1-4-12-24(14-20(25)22-16-8-7-9-17(13-16)27-2)15-21(26)23-18-10-5-6-11-19(18)28-3/h5-11,13H,4,12,14-15H2,1-3H3,(H,22,25)(H,23,26)/p+1. The van der Waals surface area contributed by atoms with Crippen molar-refractivity contribution in [3.05, 3.63) is 48.5 Å². The average molecular weight is 386 g/mol. The predicted octanol–water partition coefficient (Wildman–Crippen LogP) is 1.58. The lowest BCUT2D eigenvalue weighted by Crippen LogP contribution is -3.14. The lowest BCUT2D eigenvalue weighted by atomic mass is 10.3. The molecular weight excluding hydrogens is 358 g/mol. The maximum absolute atomic E-state index is 12.5. The summed E-state index contributed by atoms with van der Waals surface area (Å²) >= 11 is 0. The molecule has 0 saturated heterocycles. The Morgan fingerprint density at radius 3 is 2.32 bits per heavy atom. The molecule has 0 fully saturated rings. The van der Waals surface area contributed by atoms with Gasteiger partial charge >= 0.3 is 0 Å². The minimum absolute atomic E-state index is 0.151. The van der Waals surface area contributed by atoms with Gasteiger partial charge in [-0.1, -0.05) is 25.1 Å². The number of amides is 2. The summed E-state index contributed by atoms with van der Waals surface area (Å²) in [6.45, 7) is 3.13. The molecule has 0 aliphatic carbocycles. The Balaban J connectivity index is 1.94. The van der Waals surface area contributed by atoms with Crippen LogP contribution in [0.5, 0.6) is 11.5 Å². The van der Waals surface area contributed by atoms with Crippen molar-refractivity contribution >= 4 is 23.2 Å². The number of anilines is 2. The van der Waals surface area contributed by atoms with Crippen molar-refractivity contribution in [2.75, 3.05) is 44.5 Å². The van der Waals surface area contributed by atoms with Crippen molar-refractivity contribution in [1.29, 1.82) is 0 Å². The van der Waals surface area contributed by atoms with Gasteiger partial charge in [0.2, 0.25) is 0 Å². The van der Waals surface area contributed by atoms with Crippen molar-refractivity contribution in [3.8, 4) is 11.5 Å². The van der Waals surface area contributed by atoms with Gasteiger partial charge in [-0.2, -0.15) is 0 Å². The van der Waals surface area contributed by atoms with Gasteiger partial charge in [0.25, 0.3) is 11.8 Å². The molecule has 0 radical (unpaired) electrons. The van der Waals surface area contributed by atoms with Crippen LogP contribution in [0.3, 0.4) is 0 Å². The van der Waals surface area contributed by atoms with Crippen LogP contribution in [-0.2, 0) is 9.59 Å². The molecule has 0 bridgehead atoms. The summed E-state index contributed by atoms with van der Waals surface area (Å²) in [6.07, 6.45) is 0.865. The zero-order valence-electron chi connectivity index (χ0n) is 16.6. The van der Waals surface area contributed by atoms with E-state index >= 15 is 0 Å². The van der Waals surface area contributed by atoms with Gasteiger partial charge in [0.1, 0.15) is 11.5 Å². The molecule has 2 amide bonds. The van der Waals surface area contributed by atoms with Crippen LogP contribution in [0.2, 0.25) is 0 Å². The van der Waals surface area contributed by atoms with E-state index in [1.54, 1.807) is 38.5 Å². The molecule has 0 spiro atoms. The largest absolute Gasteiger partial charge is 0.497 e. The Kier molecular flexibility index (Phi) is 8.30. The fourth-order valence-corrected chi connectivity index (χ4v) is 2.90. The molecule has 7 heteroatoms. The first kappa shape index (κ1) is 21.2. The second-order valence-electron chi connectivity index (χ2n) is 6.38. The van der Waals surface area contributed by atoms with Gasteiger partial charge in [0, 0.05) is 11.8 Å². The fraction of sp³-hybridized carbons (Fsp3) is 0.333. The summed E-state index contributed by atoms with van der Waals surface area (Å²) in [5.41, 5.74) is 1.28. The molecule has 0 aliphatic rings. The highest BCUT2D eigenvalue weighted by atomic mass is 16.5. The molecule has 0 aliphatic heterocycles. The van der Waals surface area contributed by atoms with E-state index in [2.05, 4.69) is 10.6 Å². The molecule has 0 saturated carbocycles. The van der Waals surface area contributed by atoms with Crippen LogP contribution in [0.1, 0.15) is 13.3 Å². The van der Waals surface area contributed by atoms with Crippen LogP contribution < -0.4 is 25.0 Å². The van der Waals surface area contributed by atoms with Crippen LogP contribution >= 0.6 is 0 Å². The van der Waals surface area contributed by atoms with Crippen LogP contribution in [0.4, 0.5) is 11.4 Å². The first-order valence-corrected chi connectivity index (χ1v) is 9.26. The maximum Gasteiger partial charge on any atom is 0.279 e. The average Bonchev–Trinajstić information content (AvgIpc) is 2.68. The lowest BCUT2D eigenvalue weighted by molar-refractivity contribution is -0.883. The summed E-state index contributed by atoms with van der Waals surface area (Å²) in [5, 5.41) is 5.71. The first-order valence-electron chi connectivity index (χ1n) is 9.26. The Morgan fingerprint density at radius 1 is 0.929 bits per heavy atom. The van der Waals surface area contributed by atoms with E-state index in [-0.39, 0.29) is 24.9 Å². The molecule has 1 unspecified atom stereocenters. The van der Waals surface area contributed by atoms with Crippen LogP contribution in [0.15, 0.2) is 48.5 Å². The van der Waals surface area contributed by atoms with Crippen molar-refractivity contribution in [3.63, 3.8) is 0 Å². The van der Waals surface area contributed by atoms with Crippen molar-refractivity contribution in [2.24, 2.45) is 0 Å². The monoisotopic (exact) mass is 386 g/mol. The second kappa shape index (κ2) is 10.9. The number of rotatable bonds is 10. The zero-order chi connectivity index (χ0) is 20.4. The van der Waals surface area contributed by atoms with Crippen LogP contribution in [0.25, 0.3) is 0 Å². The molecule has 150 valence electrons. The van der Waals surface area contributed by atoms with Gasteiger partial charge in [-0.3, -0.25) is 9.59 Å². The fourth-order valence-electron chi connectivity index (χ4n) is 2.90. The predicted molar refractivity (Wildman–Crippen MR) is 109 cm³/mol. The molecule has 7 nitrogen and oxygen atoms in total. The number of nitrogens with one attached hydrogen (secondary N) is 3. The summed E-state index contributed by atoms with van der Waals surface area (Å²) < 4.78 is 10.4. The number of ether oxygens (including phenoxy) is 2. The number of hydrogen-bond acceptors (Lipinski definition) is 4. The first-order chi connectivity index (χ1) is 13.5. The second-order valence-corrected chi connectivity index (χ2v) is 6.38. The number of benzene rings is 2. The maximum atomic E-state index is 12.5. The van der Waals surface area contributed by atoms with E-state index in [9.17, 15) is 9.59 Å². The van der Waals surface area contributed by atoms with E-state index in [0.717, 1.165) is 11.3 Å². The Bertz CT molecular complexity index is 795. The lowest BCUT2D eigenvalue weighted by Gasteiger charge is -2.18. The molecule has 3 N–H and O–H groups in total. The third-order valence-corrected chi connectivity index (χ3v) is 4.16. The van der Waals surface area contributed by atoms with E-state index in [1.165, 1.54) is 0 Å². The summed E-state index contributed by atoms with van der Waals surface area (Å²) in [7, 11) is 3.14. The zero-order valence-corrected chi connectivity index (χ0v) is 16.6. The smallest absolute Gasteiger partial charge is 0.279 e. The molecule has 0 aromatic heterocycles. The summed E-state index contributed by atoms with van der Waals surface area (Å²) in [6, 6.07) is 14.4. The Labute approximate surface area is 165 Å². The number of quaternary nitrogens is 1. The number of carbonyl (C=O) groups is 2. The minimum atomic E-state index is -0.165. The summed E-state index contributed by atoms with van der Waals surface area (Å²) in [5.74, 6) is 0.958. The Morgan fingerprint density at radius 2 is 1.64 bits per heavy atom. The third kappa shape index (κ3) is 6.59. The highest BCUT2D eigenvalue weighted by molar-refractivity contribution is 5.94. The van der Waals surface area contributed by atoms with Crippen LogP contribution in [-0.4, -0.2) is 45.7 Å². The van der Waals surface area contributed by atoms with E-state index < -0.39 is 0 Å². The van der Waals surface area contributed by atoms with Gasteiger partial charge in [-0.15, -0.1) is 0 Å². The van der Waals surface area contributed by atoms with Crippen molar-refractivity contribution in [1.82, 2.24) is 0 Å². The van der Waals surface area contributed by atoms with E-state index in [1.807, 2.05) is 31.2 Å². The molecule has 2 aromatic carbocycles. The van der Waals surface area contributed by atoms with Crippen LogP contribution in [0, 0.1) is 0 Å². The molecule has 2 rings (SSSR count). The Hall–Kier alpha value is -3.06. The molecule has 1 atom stereocenters. The molecule has 28 heavy (non-hydrogen) atoms. The normalized spacial score (nSPS) is 11.4. The summed E-state index contributed by atoms with van der Waals surface area (Å²) in [4.78, 5) is 25.8.